The van der Waals surface area contributed by atoms with Crippen molar-refractivity contribution in [2.45, 2.75) is 18.4 Å². The highest BCUT2D eigenvalue weighted by Gasteiger charge is 2.40. The number of β-amino-alcohol motifs (C(OH)–C–C–N with tert-alkyl or cyclic N) is 1. The summed E-state index contributed by atoms with van der Waals surface area (Å²) in [6, 6.07) is 8.30. The van der Waals surface area contributed by atoms with Crippen molar-refractivity contribution < 1.29 is 9.90 Å². The number of piperidine rings is 1. The van der Waals surface area contributed by atoms with Gasteiger partial charge in [-0.05, 0) is 30.5 Å². The summed E-state index contributed by atoms with van der Waals surface area (Å²) in [6.07, 6.45) is 2.55. The number of carbonyl (C=O) groups is 1. The second kappa shape index (κ2) is 7.96. The molecule has 0 radical (unpaired) electrons. The predicted molar refractivity (Wildman–Crippen MR) is 108 cm³/mol. The van der Waals surface area contributed by atoms with Gasteiger partial charge in [0.25, 0.3) is 17.0 Å². The third-order valence-electron chi connectivity index (χ3n) is 6.13. The predicted octanol–water partition coefficient (Wildman–Crippen LogP) is -0.0705. The molecule has 0 aliphatic carbocycles. The van der Waals surface area contributed by atoms with E-state index < -0.39 is 5.91 Å². The Labute approximate surface area is 168 Å². The fraction of sp³-hybridized carbons (Fsp3) is 0.476. The van der Waals surface area contributed by atoms with Crippen LogP contribution in [0.2, 0.25) is 0 Å². The SMILES string of the molecule is Cn1cccc(C(=O)NC[C@H]2[C@H]3C[C@H](CN(CCO)C3)c3cccc(=O)n32)c1=O. The monoisotopic (exact) mass is 398 g/mol. The molecule has 0 unspecified atom stereocenters. The van der Waals surface area contributed by atoms with Gasteiger partial charge in [-0.25, -0.2) is 0 Å². The van der Waals surface area contributed by atoms with Crippen LogP contribution in [0.4, 0.5) is 0 Å². The second-order valence-corrected chi connectivity index (χ2v) is 7.95. The summed E-state index contributed by atoms with van der Waals surface area (Å²) in [5, 5.41) is 12.2. The number of hydrogen-bond acceptors (Lipinski definition) is 5. The van der Waals surface area contributed by atoms with Crippen molar-refractivity contribution in [2.75, 3.05) is 32.8 Å². The first-order chi connectivity index (χ1) is 14.0. The van der Waals surface area contributed by atoms with E-state index in [-0.39, 0.29) is 47.7 Å². The zero-order valence-electron chi connectivity index (χ0n) is 16.5. The number of aryl methyl sites for hydroxylation is 1. The van der Waals surface area contributed by atoms with E-state index in [1.54, 1.807) is 31.4 Å². The highest BCUT2D eigenvalue weighted by molar-refractivity contribution is 5.93. The molecule has 29 heavy (non-hydrogen) atoms. The number of aliphatic hydroxyl groups excluding tert-OH is 1. The van der Waals surface area contributed by atoms with Crippen LogP contribution in [0.15, 0.2) is 46.1 Å². The number of nitrogens with one attached hydrogen (secondary N) is 1. The van der Waals surface area contributed by atoms with Crippen molar-refractivity contribution >= 4 is 5.91 Å². The van der Waals surface area contributed by atoms with E-state index in [9.17, 15) is 19.5 Å². The Kier molecular flexibility index (Phi) is 5.38. The Morgan fingerprint density at radius 1 is 1.21 bits per heavy atom. The number of fused-ring (bicyclic) bond motifs is 4. The van der Waals surface area contributed by atoms with Crippen molar-refractivity contribution in [2.24, 2.45) is 13.0 Å². The summed E-state index contributed by atoms with van der Waals surface area (Å²) < 4.78 is 3.19. The molecule has 8 nitrogen and oxygen atoms in total. The van der Waals surface area contributed by atoms with Crippen LogP contribution in [0.3, 0.4) is 0 Å². The number of hydrogen-bond donors (Lipinski definition) is 2. The molecule has 1 amide bonds. The Bertz CT molecular complexity index is 1030. The lowest BCUT2D eigenvalue weighted by Crippen LogP contribution is -2.52. The molecule has 4 rings (SSSR count). The molecule has 0 spiro atoms. The molecule has 2 aliphatic heterocycles. The van der Waals surface area contributed by atoms with Crippen LogP contribution in [0.1, 0.15) is 34.4 Å². The smallest absolute Gasteiger partial charge is 0.263 e. The van der Waals surface area contributed by atoms with E-state index in [0.717, 1.165) is 25.2 Å². The average Bonchev–Trinajstić information content (AvgIpc) is 2.70. The van der Waals surface area contributed by atoms with Gasteiger partial charge in [-0.2, -0.15) is 0 Å². The zero-order valence-corrected chi connectivity index (χ0v) is 16.5. The summed E-state index contributed by atoms with van der Waals surface area (Å²) in [5.74, 6) is -0.00347. The molecule has 154 valence electrons. The van der Waals surface area contributed by atoms with Gasteiger partial charge in [0.2, 0.25) is 0 Å². The van der Waals surface area contributed by atoms with Crippen molar-refractivity contribution in [1.82, 2.24) is 19.4 Å². The summed E-state index contributed by atoms with van der Waals surface area (Å²) in [5.41, 5.74) is 0.655. The van der Waals surface area contributed by atoms with Crippen LogP contribution in [0.5, 0.6) is 0 Å². The number of aliphatic hydroxyl groups is 1. The van der Waals surface area contributed by atoms with Gasteiger partial charge in [0.15, 0.2) is 0 Å². The fourth-order valence-electron chi connectivity index (χ4n) is 4.79. The minimum Gasteiger partial charge on any atom is -0.395 e. The lowest BCUT2D eigenvalue weighted by molar-refractivity contribution is 0.0729. The van der Waals surface area contributed by atoms with Crippen LogP contribution >= 0.6 is 0 Å². The second-order valence-electron chi connectivity index (χ2n) is 7.95. The van der Waals surface area contributed by atoms with Gasteiger partial charge in [0.05, 0.1) is 12.6 Å². The van der Waals surface area contributed by atoms with Gasteiger partial charge in [-0.1, -0.05) is 6.07 Å². The fourth-order valence-corrected chi connectivity index (χ4v) is 4.79. The summed E-state index contributed by atoms with van der Waals surface area (Å²) in [7, 11) is 1.61. The van der Waals surface area contributed by atoms with E-state index >= 15 is 0 Å². The Morgan fingerprint density at radius 2 is 2.03 bits per heavy atom. The quantitative estimate of drug-likeness (QED) is 0.735. The summed E-state index contributed by atoms with van der Waals surface area (Å²) >= 11 is 0. The molecule has 2 aromatic rings. The van der Waals surface area contributed by atoms with Crippen LogP contribution in [0.25, 0.3) is 0 Å². The van der Waals surface area contributed by atoms with Gasteiger partial charge in [0.1, 0.15) is 5.56 Å². The van der Waals surface area contributed by atoms with Crippen molar-refractivity contribution in [1.29, 1.82) is 0 Å². The van der Waals surface area contributed by atoms with E-state index in [1.165, 1.54) is 10.6 Å². The molecule has 0 aromatic carbocycles. The third-order valence-corrected chi connectivity index (χ3v) is 6.13. The number of aromatic nitrogens is 2. The first-order valence-corrected chi connectivity index (χ1v) is 9.98. The molecular weight excluding hydrogens is 372 g/mol. The van der Waals surface area contributed by atoms with Gasteiger partial charge in [0, 0.05) is 57.1 Å². The van der Waals surface area contributed by atoms with E-state index in [4.69, 9.17) is 0 Å². The zero-order chi connectivity index (χ0) is 20.5. The lowest BCUT2D eigenvalue weighted by Gasteiger charge is -2.47. The van der Waals surface area contributed by atoms with Crippen molar-refractivity contribution in [3.8, 4) is 0 Å². The maximum atomic E-state index is 12.7. The first kappa shape index (κ1) is 19.6. The minimum absolute atomic E-state index is 0.0670. The van der Waals surface area contributed by atoms with Crippen LogP contribution in [-0.2, 0) is 7.05 Å². The topological polar surface area (TPSA) is 96.6 Å². The van der Waals surface area contributed by atoms with E-state index in [2.05, 4.69) is 10.2 Å². The number of likely N-dealkylation sites (tertiary alicyclic amines) is 1. The van der Waals surface area contributed by atoms with Crippen LogP contribution in [0, 0.1) is 5.92 Å². The number of rotatable bonds is 5. The van der Waals surface area contributed by atoms with Crippen LogP contribution < -0.4 is 16.4 Å². The molecular formula is C21H26N4O4. The molecule has 0 saturated carbocycles. The van der Waals surface area contributed by atoms with Crippen molar-refractivity contribution in [3.63, 3.8) is 0 Å². The standard InChI is InChI=1S/C21H26N4O4/c1-23-7-3-4-16(21(23)29)20(28)22-11-18-15-10-14(12-24(13-15)8-9-26)17-5-2-6-19(27)25(17)18/h2-7,14-15,18,26H,8-13H2,1H3,(H,22,28)/t14-,15+,18+/m1/s1. The van der Waals surface area contributed by atoms with Crippen molar-refractivity contribution in [3.05, 3.63) is 68.5 Å². The number of amides is 1. The lowest BCUT2D eigenvalue weighted by atomic mass is 9.78. The molecule has 1 fully saturated rings. The molecule has 3 atom stereocenters. The maximum Gasteiger partial charge on any atom is 0.263 e. The largest absolute Gasteiger partial charge is 0.395 e. The van der Waals surface area contributed by atoms with Gasteiger partial charge in [-0.15, -0.1) is 0 Å². The molecule has 4 heterocycles. The maximum absolute atomic E-state index is 12.7. The highest BCUT2D eigenvalue weighted by Crippen LogP contribution is 2.40. The Hall–Kier alpha value is -2.71. The number of pyridine rings is 2. The first-order valence-electron chi connectivity index (χ1n) is 9.98. The average molecular weight is 398 g/mol. The van der Waals surface area contributed by atoms with Crippen LogP contribution in [-0.4, -0.2) is 57.8 Å². The van der Waals surface area contributed by atoms with Gasteiger partial charge >= 0.3 is 0 Å². The normalized spacial score (nSPS) is 23.4. The number of nitrogens with zero attached hydrogens (tertiary/aromatic N) is 3. The summed E-state index contributed by atoms with van der Waals surface area (Å²) in [6.45, 7) is 2.56. The molecule has 8 heteroatoms. The van der Waals surface area contributed by atoms with E-state index in [0.29, 0.717) is 6.54 Å². The Morgan fingerprint density at radius 3 is 2.83 bits per heavy atom. The summed E-state index contributed by atoms with van der Waals surface area (Å²) in [4.78, 5) is 39.8. The molecule has 1 saturated heterocycles. The minimum atomic E-state index is -0.429. The van der Waals surface area contributed by atoms with Gasteiger partial charge in [-0.3, -0.25) is 14.4 Å². The third kappa shape index (κ3) is 3.65. The number of carbonyl (C=O) groups excluding carboxylic acids is 1. The van der Waals surface area contributed by atoms with Gasteiger partial charge < -0.3 is 24.5 Å². The molecule has 2 N–H and O–H groups in total. The Balaban J connectivity index is 1.61. The van der Waals surface area contributed by atoms with E-state index in [1.807, 2.05) is 10.6 Å². The molecule has 2 aromatic heterocycles. The molecule has 2 aliphatic rings. The molecule has 2 bridgehead atoms. The highest BCUT2D eigenvalue weighted by atomic mass is 16.3.